The number of aliphatic imine (C=N–C) groups is 1. The fraction of sp³-hybridized carbons (Fsp3) is 0.368. The molecule has 0 spiro atoms. The minimum Gasteiger partial charge on any atom is -0.360 e. The van der Waals surface area contributed by atoms with E-state index in [0.717, 1.165) is 23.6 Å². The summed E-state index contributed by atoms with van der Waals surface area (Å²) in [6.07, 6.45) is 6.86. The van der Waals surface area contributed by atoms with Crippen LogP contribution in [0, 0.1) is 0 Å². The van der Waals surface area contributed by atoms with Crippen LogP contribution in [0.1, 0.15) is 49.0 Å². The highest BCUT2D eigenvalue weighted by atomic mass is 15.1. The third-order valence-electron chi connectivity index (χ3n) is 4.08. The number of unbranched alkanes of at least 4 members (excludes halogenated alkanes) is 2. The van der Waals surface area contributed by atoms with Crippen LogP contribution in [0.25, 0.3) is 0 Å². The van der Waals surface area contributed by atoms with Gasteiger partial charge in [-0.1, -0.05) is 50.1 Å². The molecule has 3 heteroatoms. The maximum atomic E-state index is 4.63. The molecular formula is C19H23N3. The van der Waals surface area contributed by atoms with Crippen LogP contribution >= 0.6 is 0 Å². The summed E-state index contributed by atoms with van der Waals surface area (Å²) < 4.78 is 0. The second-order valence-corrected chi connectivity index (χ2v) is 5.79. The fourth-order valence-corrected chi connectivity index (χ4v) is 2.77. The van der Waals surface area contributed by atoms with Crippen LogP contribution in [0.4, 0.5) is 0 Å². The number of amidine groups is 1. The molecule has 1 atom stereocenters. The van der Waals surface area contributed by atoms with Gasteiger partial charge in [0.25, 0.3) is 0 Å². The number of hydrogen-bond acceptors (Lipinski definition) is 3. The summed E-state index contributed by atoms with van der Waals surface area (Å²) in [5.74, 6) is 0.982. The number of benzene rings is 1. The van der Waals surface area contributed by atoms with E-state index in [4.69, 9.17) is 0 Å². The molecule has 1 N–H and O–H groups in total. The predicted molar refractivity (Wildman–Crippen MR) is 91.2 cm³/mol. The molecule has 2 aromatic rings. The molecule has 2 heterocycles. The minimum absolute atomic E-state index is 0.195. The first-order valence-corrected chi connectivity index (χ1v) is 8.18. The summed E-state index contributed by atoms with van der Waals surface area (Å²) in [4.78, 5) is 9.04. The standard InChI is InChI=1S/C19H23N3/c1-2-3-4-7-15-9-11-16(12-10-15)19-21-14-18(22-19)17-8-5-6-13-20-17/h5-6,8-13,18H,2-4,7,14H2,1H3,(H,21,22). The Labute approximate surface area is 132 Å². The zero-order valence-electron chi connectivity index (χ0n) is 13.1. The largest absolute Gasteiger partial charge is 0.360 e. The molecule has 1 unspecified atom stereocenters. The summed E-state index contributed by atoms with van der Waals surface area (Å²) in [6.45, 7) is 3.00. The molecule has 0 saturated carbocycles. The summed E-state index contributed by atoms with van der Waals surface area (Å²) in [7, 11) is 0. The second kappa shape index (κ2) is 7.21. The number of nitrogens with one attached hydrogen (secondary N) is 1. The van der Waals surface area contributed by atoms with Gasteiger partial charge in [-0.05, 0) is 30.5 Å². The molecule has 0 saturated heterocycles. The highest BCUT2D eigenvalue weighted by Gasteiger charge is 2.20. The second-order valence-electron chi connectivity index (χ2n) is 5.79. The molecule has 0 radical (unpaired) electrons. The van der Waals surface area contributed by atoms with Gasteiger partial charge in [0.1, 0.15) is 5.84 Å². The molecule has 0 bridgehead atoms. The Morgan fingerprint density at radius 2 is 1.95 bits per heavy atom. The van der Waals surface area contributed by atoms with E-state index in [1.807, 2.05) is 24.4 Å². The zero-order valence-corrected chi connectivity index (χ0v) is 13.1. The van der Waals surface area contributed by atoms with Crippen molar-refractivity contribution in [3.8, 4) is 0 Å². The van der Waals surface area contributed by atoms with Gasteiger partial charge in [0.2, 0.25) is 0 Å². The van der Waals surface area contributed by atoms with Crippen LogP contribution in [0.2, 0.25) is 0 Å². The number of nitrogens with zero attached hydrogens (tertiary/aromatic N) is 2. The van der Waals surface area contributed by atoms with Crippen LogP contribution in [0.5, 0.6) is 0 Å². The van der Waals surface area contributed by atoms with Gasteiger partial charge in [0.15, 0.2) is 0 Å². The number of pyridine rings is 1. The third-order valence-corrected chi connectivity index (χ3v) is 4.08. The molecule has 1 aliphatic rings. The highest BCUT2D eigenvalue weighted by molar-refractivity contribution is 6.00. The van der Waals surface area contributed by atoms with Crippen molar-refractivity contribution in [1.82, 2.24) is 10.3 Å². The predicted octanol–water partition coefficient (Wildman–Crippen LogP) is 3.91. The Kier molecular flexibility index (Phi) is 4.84. The number of hydrogen-bond donors (Lipinski definition) is 1. The Bertz CT molecular complexity index is 617. The third kappa shape index (κ3) is 3.53. The van der Waals surface area contributed by atoms with Crippen LogP contribution in [-0.2, 0) is 6.42 Å². The van der Waals surface area contributed by atoms with E-state index in [9.17, 15) is 0 Å². The molecule has 3 nitrogen and oxygen atoms in total. The molecule has 1 aromatic heterocycles. The number of aromatic nitrogens is 1. The maximum absolute atomic E-state index is 4.63. The minimum atomic E-state index is 0.195. The van der Waals surface area contributed by atoms with Crippen LogP contribution in [0.3, 0.4) is 0 Å². The quantitative estimate of drug-likeness (QED) is 0.820. The van der Waals surface area contributed by atoms with Crippen LogP contribution in [-0.4, -0.2) is 17.4 Å². The first-order valence-electron chi connectivity index (χ1n) is 8.18. The fourth-order valence-electron chi connectivity index (χ4n) is 2.77. The van der Waals surface area contributed by atoms with Crippen LogP contribution in [0.15, 0.2) is 53.7 Å². The van der Waals surface area contributed by atoms with Gasteiger partial charge in [-0.2, -0.15) is 0 Å². The lowest BCUT2D eigenvalue weighted by Gasteiger charge is -2.11. The average molecular weight is 293 g/mol. The average Bonchev–Trinajstić information content (AvgIpc) is 3.07. The van der Waals surface area contributed by atoms with Crippen molar-refractivity contribution >= 4 is 5.84 Å². The van der Waals surface area contributed by atoms with Crippen LogP contribution < -0.4 is 5.32 Å². The Morgan fingerprint density at radius 1 is 1.09 bits per heavy atom. The van der Waals surface area contributed by atoms with E-state index in [1.54, 1.807) is 0 Å². The first kappa shape index (κ1) is 14.8. The monoisotopic (exact) mass is 293 g/mol. The van der Waals surface area contributed by atoms with Gasteiger partial charge >= 0.3 is 0 Å². The van der Waals surface area contributed by atoms with Crippen molar-refractivity contribution in [3.05, 3.63) is 65.5 Å². The SMILES string of the molecule is CCCCCc1ccc(C2=NCC(c3ccccn3)N2)cc1. The Balaban J connectivity index is 1.61. The van der Waals surface area contributed by atoms with Crippen molar-refractivity contribution in [3.63, 3.8) is 0 Å². The molecule has 22 heavy (non-hydrogen) atoms. The van der Waals surface area contributed by atoms with Gasteiger partial charge in [-0.3, -0.25) is 9.98 Å². The molecule has 0 fully saturated rings. The lowest BCUT2D eigenvalue weighted by molar-refractivity contribution is 0.685. The van der Waals surface area contributed by atoms with E-state index < -0.39 is 0 Å². The van der Waals surface area contributed by atoms with Gasteiger partial charge in [0, 0.05) is 11.8 Å². The normalized spacial score (nSPS) is 17.1. The molecule has 114 valence electrons. The summed E-state index contributed by atoms with van der Waals surface area (Å²) >= 11 is 0. The van der Waals surface area contributed by atoms with E-state index in [0.29, 0.717) is 0 Å². The number of aryl methyl sites for hydroxylation is 1. The maximum Gasteiger partial charge on any atom is 0.128 e. The van der Waals surface area contributed by atoms with Gasteiger partial charge in [0.05, 0.1) is 18.3 Å². The van der Waals surface area contributed by atoms with Gasteiger partial charge in [-0.25, -0.2) is 0 Å². The summed E-state index contributed by atoms with van der Waals surface area (Å²) in [5.41, 5.74) is 3.63. The molecule has 0 aliphatic carbocycles. The molecule has 1 aromatic carbocycles. The van der Waals surface area contributed by atoms with E-state index >= 15 is 0 Å². The van der Waals surface area contributed by atoms with E-state index in [2.05, 4.69) is 46.5 Å². The molecule has 0 amide bonds. The Morgan fingerprint density at radius 3 is 2.68 bits per heavy atom. The smallest absolute Gasteiger partial charge is 0.128 e. The highest BCUT2D eigenvalue weighted by Crippen LogP contribution is 2.18. The van der Waals surface area contributed by atoms with E-state index in [-0.39, 0.29) is 6.04 Å². The van der Waals surface area contributed by atoms with E-state index in [1.165, 1.54) is 31.2 Å². The lowest BCUT2D eigenvalue weighted by atomic mass is 10.0. The van der Waals surface area contributed by atoms with Gasteiger partial charge < -0.3 is 5.32 Å². The first-order chi connectivity index (χ1) is 10.9. The van der Waals surface area contributed by atoms with Crippen molar-refractivity contribution < 1.29 is 0 Å². The van der Waals surface area contributed by atoms with Crippen molar-refractivity contribution in [2.24, 2.45) is 4.99 Å². The summed E-state index contributed by atoms with van der Waals surface area (Å²) in [6, 6.07) is 15.0. The molecular weight excluding hydrogens is 270 g/mol. The molecule has 1 aliphatic heterocycles. The summed E-state index contributed by atoms with van der Waals surface area (Å²) in [5, 5.41) is 3.48. The lowest BCUT2D eigenvalue weighted by Crippen LogP contribution is -2.24. The Hall–Kier alpha value is -2.16. The zero-order chi connectivity index (χ0) is 15.2. The van der Waals surface area contributed by atoms with Crippen molar-refractivity contribution in [2.45, 2.75) is 38.6 Å². The molecule has 3 rings (SSSR count). The van der Waals surface area contributed by atoms with Crippen molar-refractivity contribution in [1.29, 1.82) is 0 Å². The van der Waals surface area contributed by atoms with Gasteiger partial charge in [-0.15, -0.1) is 0 Å². The van der Waals surface area contributed by atoms with Crippen molar-refractivity contribution in [2.75, 3.05) is 6.54 Å². The number of rotatable bonds is 6. The topological polar surface area (TPSA) is 37.3 Å².